The van der Waals surface area contributed by atoms with Crippen molar-refractivity contribution in [1.29, 1.82) is 0 Å². The number of rotatable bonds is 5. The fraction of sp³-hybridized carbons (Fsp3) is 0.600. The molecule has 1 aliphatic carbocycles. The highest BCUT2D eigenvalue weighted by atomic mass is 35.5. The van der Waals surface area contributed by atoms with Crippen molar-refractivity contribution >= 4 is 23.4 Å². The number of hydrogen-bond donors (Lipinski definition) is 1. The first kappa shape index (κ1) is 20.1. The molecule has 1 saturated heterocycles. The Kier molecular flexibility index (Phi) is 6.40. The number of carbonyl (C=O) groups excluding carboxylic acids is 2. The van der Waals surface area contributed by atoms with Crippen molar-refractivity contribution in [3.63, 3.8) is 0 Å². The summed E-state index contributed by atoms with van der Waals surface area (Å²) < 4.78 is 6.13. The SMILES string of the molecule is CN(C)CCNC(=O)[C@H]1COC2(CCCCC2)N1C(=O)c1cccc(Cl)c1. The summed E-state index contributed by atoms with van der Waals surface area (Å²) in [4.78, 5) is 29.9. The van der Waals surface area contributed by atoms with Crippen LogP contribution in [-0.4, -0.2) is 67.2 Å². The molecule has 1 heterocycles. The van der Waals surface area contributed by atoms with E-state index in [1.54, 1.807) is 29.2 Å². The average Bonchev–Trinajstić information content (AvgIpc) is 3.00. The smallest absolute Gasteiger partial charge is 0.256 e. The first-order chi connectivity index (χ1) is 12.9. The Hall–Kier alpha value is -1.63. The van der Waals surface area contributed by atoms with Crippen LogP contribution in [-0.2, 0) is 9.53 Å². The molecule has 0 unspecified atom stereocenters. The standard InChI is InChI=1S/C20H28ClN3O3/c1-23(2)12-11-22-18(25)17-14-27-20(9-4-3-5-10-20)24(17)19(26)15-7-6-8-16(21)13-15/h6-8,13,17H,3-5,9-12,14H2,1-2H3,(H,22,25)/t17-/m1/s1. The molecule has 0 aromatic heterocycles. The molecule has 0 radical (unpaired) electrons. The summed E-state index contributed by atoms with van der Waals surface area (Å²) in [7, 11) is 3.91. The third-order valence-electron chi connectivity index (χ3n) is 5.35. The molecule has 27 heavy (non-hydrogen) atoms. The highest BCUT2D eigenvalue weighted by Crippen LogP contribution is 2.41. The molecule has 6 nitrogen and oxygen atoms in total. The number of nitrogens with one attached hydrogen (secondary N) is 1. The van der Waals surface area contributed by atoms with Crippen LogP contribution in [0.4, 0.5) is 0 Å². The molecule has 2 fully saturated rings. The predicted molar refractivity (Wildman–Crippen MR) is 105 cm³/mol. The van der Waals surface area contributed by atoms with Crippen LogP contribution < -0.4 is 5.32 Å². The van der Waals surface area contributed by atoms with Gasteiger partial charge >= 0.3 is 0 Å². The van der Waals surface area contributed by atoms with Gasteiger partial charge < -0.3 is 15.0 Å². The highest BCUT2D eigenvalue weighted by Gasteiger charge is 2.52. The van der Waals surface area contributed by atoms with Crippen molar-refractivity contribution in [1.82, 2.24) is 15.1 Å². The van der Waals surface area contributed by atoms with E-state index in [4.69, 9.17) is 16.3 Å². The number of carbonyl (C=O) groups is 2. The lowest BCUT2D eigenvalue weighted by Gasteiger charge is -2.41. The number of halogens is 1. The minimum atomic E-state index is -0.679. The summed E-state index contributed by atoms with van der Waals surface area (Å²) in [5, 5.41) is 3.45. The third kappa shape index (κ3) is 4.45. The molecule has 1 aromatic carbocycles. The second kappa shape index (κ2) is 8.59. The summed E-state index contributed by atoms with van der Waals surface area (Å²) in [6.45, 7) is 1.52. The number of ether oxygens (including phenoxy) is 1. The number of benzene rings is 1. The Bertz CT molecular complexity index is 689. The second-order valence-electron chi connectivity index (χ2n) is 7.61. The van der Waals surface area contributed by atoms with E-state index in [9.17, 15) is 9.59 Å². The molecule has 1 aromatic rings. The highest BCUT2D eigenvalue weighted by molar-refractivity contribution is 6.31. The minimum Gasteiger partial charge on any atom is -0.353 e. The van der Waals surface area contributed by atoms with Crippen LogP contribution in [0.25, 0.3) is 0 Å². The molecule has 1 spiro atoms. The van der Waals surface area contributed by atoms with Gasteiger partial charge in [-0.05, 0) is 58.0 Å². The molecule has 148 valence electrons. The van der Waals surface area contributed by atoms with Gasteiger partial charge in [0.2, 0.25) is 5.91 Å². The van der Waals surface area contributed by atoms with Gasteiger partial charge in [0.1, 0.15) is 11.8 Å². The summed E-state index contributed by atoms with van der Waals surface area (Å²) in [5.74, 6) is -0.348. The van der Waals surface area contributed by atoms with Crippen molar-refractivity contribution in [2.75, 3.05) is 33.8 Å². The normalized spacial score (nSPS) is 21.6. The topological polar surface area (TPSA) is 61.9 Å². The first-order valence-electron chi connectivity index (χ1n) is 9.59. The molecule has 1 saturated carbocycles. The van der Waals surface area contributed by atoms with Gasteiger partial charge in [0.25, 0.3) is 5.91 Å². The lowest BCUT2D eigenvalue weighted by atomic mass is 9.89. The Morgan fingerprint density at radius 2 is 2.04 bits per heavy atom. The molecule has 1 atom stereocenters. The maximum atomic E-state index is 13.4. The van der Waals surface area contributed by atoms with Gasteiger partial charge in [-0.25, -0.2) is 0 Å². The van der Waals surface area contributed by atoms with Crippen LogP contribution >= 0.6 is 11.6 Å². The monoisotopic (exact) mass is 393 g/mol. The zero-order chi connectivity index (χ0) is 19.4. The Morgan fingerprint density at radius 1 is 1.30 bits per heavy atom. The fourth-order valence-electron chi connectivity index (χ4n) is 3.95. The van der Waals surface area contributed by atoms with E-state index in [1.807, 2.05) is 19.0 Å². The first-order valence-corrected chi connectivity index (χ1v) is 9.96. The van der Waals surface area contributed by atoms with E-state index < -0.39 is 11.8 Å². The lowest BCUT2D eigenvalue weighted by Crippen LogP contribution is -2.56. The quantitative estimate of drug-likeness (QED) is 0.835. The predicted octanol–water partition coefficient (Wildman–Crippen LogP) is 2.52. The maximum Gasteiger partial charge on any atom is 0.256 e. The molecule has 0 bridgehead atoms. The van der Waals surface area contributed by atoms with E-state index in [1.165, 1.54) is 0 Å². The van der Waals surface area contributed by atoms with Crippen LogP contribution in [0, 0.1) is 0 Å². The molecule has 1 N–H and O–H groups in total. The van der Waals surface area contributed by atoms with Crippen molar-refractivity contribution in [2.45, 2.75) is 43.9 Å². The Labute approximate surface area is 165 Å². The molecule has 7 heteroatoms. The fourth-order valence-corrected chi connectivity index (χ4v) is 4.14. The van der Waals surface area contributed by atoms with E-state index in [2.05, 4.69) is 5.32 Å². The number of likely N-dealkylation sites (N-methyl/N-ethyl adjacent to an activating group) is 1. The van der Waals surface area contributed by atoms with Crippen LogP contribution in [0.5, 0.6) is 0 Å². The van der Waals surface area contributed by atoms with E-state index in [0.29, 0.717) is 17.1 Å². The molecular formula is C20H28ClN3O3. The van der Waals surface area contributed by atoms with E-state index >= 15 is 0 Å². The molecule has 2 aliphatic rings. The van der Waals surface area contributed by atoms with Crippen molar-refractivity contribution in [3.05, 3.63) is 34.9 Å². The van der Waals surface area contributed by atoms with Gasteiger partial charge in [-0.15, -0.1) is 0 Å². The number of hydrogen-bond acceptors (Lipinski definition) is 4. The largest absolute Gasteiger partial charge is 0.353 e. The Morgan fingerprint density at radius 3 is 2.70 bits per heavy atom. The van der Waals surface area contributed by atoms with Gasteiger partial charge in [-0.2, -0.15) is 0 Å². The molecular weight excluding hydrogens is 366 g/mol. The van der Waals surface area contributed by atoms with Gasteiger partial charge in [0.05, 0.1) is 6.61 Å². The van der Waals surface area contributed by atoms with Crippen LogP contribution in [0.15, 0.2) is 24.3 Å². The average molecular weight is 394 g/mol. The van der Waals surface area contributed by atoms with Gasteiger partial charge in [0.15, 0.2) is 0 Å². The van der Waals surface area contributed by atoms with Gasteiger partial charge in [-0.3, -0.25) is 14.5 Å². The summed E-state index contributed by atoms with van der Waals surface area (Å²) in [6.07, 6.45) is 4.65. The zero-order valence-corrected chi connectivity index (χ0v) is 16.8. The Balaban J connectivity index is 1.84. The van der Waals surface area contributed by atoms with Crippen LogP contribution in [0.1, 0.15) is 42.5 Å². The summed E-state index contributed by atoms with van der Waals surface area (Å²) in [6, 6.07) is 6.27. The van der Waals surface area contributed by atoms with Crippen molar-refractivity contribution in [3.8, 4) is 0 Å². The second-order valence-corrected chi connectivity index (χ2v) is 8.05. The van der Waals surface area contributed by atoms with Gasteiger partial charge in [-0.1, -0.05) is 24.1 Å². The molecule has 1 aliphatic heterocycles. The molecule has 2 amide bonds. The van der Waals surface area contributed by atoms with Crippen molar-refractivity contribution < 1.29 is 14.3 Å². The van der Waals surface area contributed by atoms with Crippen LogP contribution in [0.2, 0.25) is 5.02 Å². The number of amides is 2. The lowest BCUT2D eigenvalue weighted by molar-refractivity contribution is -0.127. The molecule has 3 rings (SSSR count). The van der Waals surface area contributed by atoms with Gasteiger partial charge in [0, 0.05) is 23.7 Å². The number of nitrogens with zero attached hydrogens (tertiary/aromatic N) is 2. The summed E-state index contributed by atoms with van der Waals surface area (Å²) >= 11 is 6.08. The van der Waals surface area contributed by atoms with E-state index in [0.717, 1.165) is 38.6 Å². The summed E-state index contributed by atoms with van der Waals surface area (Å²) in [5.41, 5.74) is -0.190. The van der Waals surface area contributed by atoms with E-state index in [-0.39, 0.29) is 18.4 Å². The minimum absolute atomic E-state index is 0.158. The van der Waals surface area contributed by atoms with Crippen molar-refractivity contribution in [2.24, 2.45) is 0 Å². The zero-order valence-electron chi connectivity index (χ0n) is 16.0. The third-order valence-corrected chi connectivity index (χ3v) is 5.58. The maximum absolute atomic E-state index is 13.4. The van der Waals surface area contributed by atoms with Crippen LogP contribution in [0.3, 0.4) is 0 Å².